The van der Waals surface area contributed by atoms with Crippen LogP contribution >= 0.6 is 0 Å². The number of aromatic nitrogens is 4. The van der Waals surface area contributed by atoms with Gasteiger partial charge in [-0.15, -0.1) is 0 Å². The van der Waals surface area contributed by atoms with Gasteiger partial charge in [-0.05, 0) is 0 Å². The van der Waals surface area contributed by atoms with Crippen LogP contribution in [0.1, 0.15) is 27.0 Å². The molecule has 1 aliphatic rings. The van der Waals surface area contributed by atoms with Crippen molar-refractivity contribution in [2.24, 2.45) is 0 Å². The first-order valence-corrected chi connectivity index (χ1v) is 8.31. The Labute approximate surface area is 157 Å². The number of H-pyrrole nitrogens is 1. The minimum absolute atomic E-state index is 0.0557. The Morgan fingerprint density at radius 2 is 1.79 bits per heavy atom. The maximum atomic E-state index is 11.9. The predicted molar refractivity (Wildman–Crippen MR) is 89.8 cm³/mol. The quantitative estimate of drug-likeness (QED) is 0.515. The first kappa shape index (κ1) is 19.5. The molecule has 0 unspecified atom stereocenters. The lowest BCUT2D eigenvalue weighted by atomic mass is 10.1. The number of esters is 3. The fourth-order valence-electron chi connectivity index (χ4n) is 2.97. The summed E-state index contributed by atoms with van der Waals surface area (Å²) in [7, 11) is 0. The van der Waals surface area contributed by atoms with Crippen LogP contribution in [0.3, 0.4) is 0 Å². The number of ether oxygens (including phenoxy) is 4. The van der Waals surface area contributed by atoms with E-state index in [-0.39, 0.29) is 17.8 Å². The fourth-order valence-corrected chi connectivity index (χ4v) is 2.97. The lowest BCUT2D eigenvalue weighted by Crippen LogP contribution is -2.40. The third-order valence-electron chi connectivity index (χ3n) is 3.98. The van der Waals surface area contributed by atoms with Crippen molar-refractivity contribution in [2.45, 2.75) is 45.3 Å². The minimum Gasteiger partial charge on any atom is -0.463 e. The second kappa shape index (κ2) is 7.76. The van der Waals surface area contributed by atoms with Crippen LogP contribution in [0.5, 0.6) is 0 Å². The van der Waals surface area contributed by atoms with Crippen molar-refractivity contribution in [3.05, 3.63) is 23.0 Å². The number of imidazole rings is 1. The molecule has 0 radical (unpaired) electrons. The average Bonchev–Trinajstić information content (AvgIpc) is 3.16. The average molecular weight is 395 g/mol. The molecule has 12 heteroatoms. The molecule has 150 valence electrons. The van der Waals surface area contributed by atoms with Crippen LogP contribution in [0.2, 0.25) is 0 Å². The van der Waals surface area contributed by atoms with E-state index in [0.717, 1.165) is 0 Å². The largest absolute Gasteiger partial charge is 0.463 e. The number of rotatable bonds is 5. The van der Waals surface area contributed by atoms with Crippen LogP contribution in [0, 0.1) is 0 Å². The van der Waals surface area contributed by atoms with Crippen molar-refractivity contribution in [3.8, 4) is 0 Å². The van der Waals surface area contributed by atoms with E-state index >= 15 is 0 Å². The Balaban J connectivity index is 2.02. The molecule has 28 heavy (non-hydrogen) atoms. The van der Waals surface area contributed by atoms with E-state index in [2.05, 4.69) is 15.0 Å². The van der Waals surface area contributed by atoms with Crippen molar-refractivity contribution >= 4 is 29.1 Å². The molecular weight excluding hydrogens is 377 g/mol. The van der Waals surface area contributed by atoms with Gasteiger partial charge < -0.3 is 23.9 Å². The zero-order chi connectivity index (χ0) is 20.4. The zero-order valence-corrected chi connectivity index (χ0v) is 15.3. The van der Waals surface area contributed by atoms with Crippen LogP contribution in [-0.4, -0.2) is 62.3 Å². The van der Waals surface area contributed by atoms with Gasteiger partial charge in [0.25, 0.3) is 5.56 Å². The van der Waals surface area contributed by atoms with Crippen molar-refractivity contribution < 1.29 is 33.3 Å². The van der Waals surface area contributed by atoms with E-state index in [0.29, 0.717) is 0 Å². The summed E-state index contributed by atoms with van der Waals surface area (Å²) >= 11 is 0. The van der Waals surface area contributed by atoms with Crippen LogP contribution in [0.4, 0.5) is 0 Å². The monoisotopic (exact) mass is 395 g/mol. The third-order valence-corrected chi connectivity index (χ3v) is 3.98. The first-order valence-electron chi connectivity index (χ1n) is 8.31. The molecule has 1 aliphatic heterocycles. The van der Waals surface area contributed by atoms with Crippen molar-refractivity contribution in [1.82, 2.24) is 19.5 Å². The highest BCUT2D eigenvalue weighted by atomic mass is 16.7. The number of carbonyl (C=O) groups excluding carboxylic acids is 3. The van der Waals surface area contributed by atoms with E-state index < -0.39 is 48.0 Å². The number of fused-ring (bicyclic) bond motifs is 1. The maximum Gasteiger partial charge on any atom is 0.303 e. The van der Waals surface area contributed by atoms with E-state index in [1.54, 1.807) is 0 Å². The smallest absolute Gasteiger partial charge is 0.303 e. The molecule has 1 fully saturated rings. The number of aromatic amines is 1. The molecule has 0 saturated carbocycles. The lowest BCUT2D eigenvalue weighted by Gasteiger charge is -2.23. The second-order valence-electron chi connectivity index (χ2n) is 6.07. The maximum absolute atomic E-state index is 11.9. The molecule has 1 N–H and O–H groups in total. The molecule has 1 saturated heterocycles. The molecule has 0 aromatic carbocycles. The Morgan fingerprint density at radius 3 is 2.43 bits per heavy atom. The standard InChI is InChI=1S/C16H18N4O8/c1-7(21)25-4-10-12(26-8(2)22)13(27-9(3)23)16(28-10)20-6-19-11-14(20)17-5-18-15(11)24/h5-6,10,12-13,16H,4H2,1-3H3,(H,17,18,24)/t10-,12-,13-,16-/m1/s1/i5+1. The number of nitrogens with one attached hydrogen (secondary N) is 1. The molecule has 2 aromatic heterocycles. The van der Waals surface area contributed by atoms with Gasteiger partial charge in [-0.3, -0.25) is 23.7 Å². The topological polar surface area (TPSA) is 152 Å². The van der Waals surface area contributed by atoms with Gasteiger partial charge in [-0.25, -0.2) is 9.97 Å². The normalized spacial score (nSPS) is 24.1. The van der Waals surface area contributed by atoms with Crippen molar-refractivity contribution in [1.29, 1.82) is 0 Å². The molecule has 0 amide bonds. The highest BCUT2D eigenvalue weighted by Gasteiger charge is 2.51. The summed E-state index contributed by atoms with van der Waals surface area (Å²) in [5.74, 6) is -1.83. The Hall–Kier alpha value is -3.28. The second-order valence-corrected chi connectivity index (χ2v) is 6.07. The van der Waals surface area contributed by atoms with E-state index in [9.17, 15) is 19.2 Å². The number of carbonyl (C=O) groups is 3. The fraction of sp³-hybridized carbons (Fsp3) is 0.500. The Bertz CT molecular complexity index is 967. The zero-order valence-electron chi connectivity index (χ0n) is 15.3. The summed E-state index contributed by atoms with van der Waals surface area (Å²) in [6.45, 7) is 3.36. The van der Waals surface area contributed by atoms with Crippen LogP contribution in [0.15, 0.2) is 17.4 Å². The summed E-state index contributed by atoms with van der Waals surface area (Å²) in [5.41, 5.74) is -0.223. The van der Waals surface area contributed by atoms with Gasteiger partial charge in [0.05, 0.1) is 12.7 Å². The van der Waals surface area contributed by atoms with Crippen LogP contribution < -0.4 is 5.56 Å². The molecule has 3 heterocycles. The molecule has 0 bridgehead atoms. The molecule has 4 atom stereocenters. The Kier molecular flexibility index (Phi) is 5.40. The van der Waals surface area contributed by atoms with Crippen molar-refractivity contribution in [2.75, 3.05) is 6.61 Å². The van der Waals surface area contributed by atoms with Gasteiger partial charge in [0.15, 0.2) is 29.6 Å². The molecular formula is C16H18N4O8. The van der Waals surface area contributed by atoms with E-state index in [4.69, 9.17) is 18.9 Å². The van der Waals surface area contributed by atoms with Crippen molar-refractivity contribution in [3.63, 3.8) is 0 Å². The van der Waals surface area contributed by atoms with Gasteiger partial charge in [0.2, 0.25) is 0 Å². The summed E-state index contributed by atoms with van der Waals surface area (Å²) in [4.78, 5) is 56.8. The van der Waals surface area contributed by atoms with E-state index in [1.807, 2.05) is 0 Å². The van der Waals surface area contributed by atoms with E-state index in [1.165, 1.54) is 38.0 Å². The lowest BCUT2D eigenvalue weighted by molar-refractivity contribution is -0.166. The van der Waals surface area contributed by atoms with Gasteiger partial charge >= 0.3 is 17.9 Å². The molecule has 2 aromatic rings. The van der Waals surface area contributed by atoms with Gasteiger partial charge in [-0.2, -0.15) is 0 Å². The third kappa shape index (κ3) is 3.86. The Morgan fingerprint density at radius 1 is 1.11 bits per heavy atom. The highest BCUT2D eigenvalue weighted by molar-refractivity contribution is 5.70. The number of hydrogen-bond donors (Lipinski definition) is 1. The summed E-state index contributed by atoms with van der Waals surface area (Å²) in [5, 5.41) is 0. The molecule has 0 aliphatic carbocycles. The van der Waals surface area contributed by atoms with Gasteiger partial charge in [0.1, 0.15) is 12.7 Å². The first-order chi connectivity index (χ1) is 13.3. The summed E-state index contributed by atoms with van der Waals surface area (Å²) in [6, 6.07) is 0. The summed E-state index contributed by atoms with van der Waals surface area (Å²) in [6.07, 6.45) is -1.58. The van der Waals surface area contributed by atoms with Gasteiger partial charge in [-0.1, -0.05) is 0 Å². The summed E-state index contributed by atoms with van der Waals surface area (Å²) < 4.78 is 22.8. The molecule has 12 nitrogen and oxygen atoms in total. The van der Waals surface area contributed by atoms with Crippen LogP contribution in [-0.2, 0) is 33.3 Å². The SMILES string of the molecule is CC(=O)OC[C@H]1O[C@@H](n2cnc3c(=O)[nH][13cH]nc32)[C@H](OC(C)=O)[C@@H]1OC(C)=O. The predicted octanol–water partition coefficient (Wildman–Crippen LogP) is -0.556. The number of nitrogens with zero attached hydrogens (tertiary/aromatic N) is 3. The molecule has 0 spiro atoms. The highest BCUT2D eigenvalue weighted by Crippen LogP contribution is 2.35. The van der Waals surface area contributed by atoms with Gasteiger partial charge in [0, 0.05) is 20.8 Å². The number of hydrogen-bond acceptors (Lipinski definition) is 10. The van der Waals surface area contributed by atoms with Crippen LogP contribution in [0.25, 0.3) is 11.2 Å². The molecule has 3 rings (SSSR count). The minimum atomic E-state index is -1.08.